The molecule has 7 heteroatoms. The van der Waals surface area contributed by atoms with Gasteiger partial charge in [0.2, 0.25) is 11.8 Å². The zero-order chi connectivity index (χ0) is 17.7. The highest BCUT2D eigenvalue weighted by atomic mass is 19.3. The monoisotopic (exact) mass is 349 g/mol. The van der Waals surface area contributed by atoms with Gasteiger partial charge in [-0.3, -0.25) is 14.6 Å². The third kappa shape index (κ3) is 2.79. The van der Waals surface area contributed by atoms with E-state index >= 15 is 0 Å². The van der Waals surface area contributed by atoms with E-state index in [-0.39, 0.29) is 24.3 Å². The number of halogens is 2. The van der Waals surface area contributed by atoms with E-state index in [9.17, 15) is 18.4 Å². The first kappa shape index (κ1) is 16.4. The van der Waals surface area contributed by atoms with E-state index in [2.05, 4.69) is 4.98 Å². The Hall–Kier alpha value is -2.05. The number of alkyl halides is 2. The van der Waals surface area contributed by atoms with Gasteiger partial charge in [0.25, 0.3) is 5.92 Å². The molecule has 4 rings (SSSR count). The maximum atomic E-state index is 14.4. The summed E-state index contributed by atoms with van der Waals surface area (Å²) in [4.78, 5) is 32.3. The molecule has 2 amide bonds. The lowest BCUT2D eigenvalue weighted by Crippen LogP contribution is -2.58. The minimum absolute atomic E-state index is 0.105. The average Bonchev–Trinajstić information content (AvgIpc) is 2.81. The summed E-state index contributed by atoms with van der Waals surface area (Å²) in [5.74, 6) is -3.70. The molecule has 3 aliphatic rings. The maximum absolute atomic E-state index is 14.4. The first-order valence-corrected chi connectivity index (χ1v) is 8.79. The second kappa shape index (κ2) is 5.75. The fourth-order valence-electron chi connectivity index (χ4n) is 4.27. The summed E-state index contributed by atoms with van der Waals surface area (Å²) in [6.07, 6.45) is 5.53. The zero-order valence-electron chi connectivity index (χ0n) is 14.0. The number of pyridine rings is 1. The minimum atomic E-state index is -3.03. The lowest BCUT2D eigenvalue weighted by Gasteiger charge is -2.44. The van der Waals surface area contributed by atoms with Crippen LogP contribution in [-0.4, -0.2) is 47.3 Å². The van der Waals surface area contributed by atoms with Crippen molar-refractivity contribution in [2.45, 2.75) is 38.0 Å². The number of anilines is 1. The summed E-state index contributed by atoms with van der Waals surface area (Å²) in [5, 5.41) is 0. The molecule has 5 nitrogen and oxygen atoms in total. The Labute approximate surface area is 145 Å². The molecule has 3 heterocycles. The van der Waals surface area contributed by atoms with Gasteiger partial charge >= 0.3 is 0 Å². The molecule has 0 radical (unpaired) electrons. The van der Waals surface area contributed by atoms with Crippen LogP contribution in [0, 0.1) is 11.3 Å². The van der Waals surface area contributed by atoms with Gasteiger partial charge < -0.3 is 9.80 Å². The number of rotatable bonds is 2. The van der Waals surface area contributed by atoms with Gasteiger partial charge in [-0.1, -0.05) is 6.42 Å². The summed E-state index contributed by atoms with van der Waals surface area (Å²) in [7, 11) is 0. The van der Waals surface area contributed by atoms with Crippen molar-refractivity contribution >= 4 is 17.5 Å². The summed E-state index contributed by atoms with van der Waals surface area (Å²) < 4.78 is 28.8. The van der Waals surface area contributed by atoms with E-state index in [1.54, 1.807) is 24.5 Å². The summed E-state index contributed by atoms with van der Waals surface area (Å²) in [6.45, 7) is -0.0795. The van der Waals surface area contributed by atoms with Crippen molar-refractivity contribution in [2.24, 2.45) is 11.3 Å². The quantitative estimate of drug-likeness (QED) is 0.824. The standard InChI is InChI=1S/C18H21F2N3O2/c19-18(20)10-17(11-22(12-18)15(24)13-3-1-4-13)6-8-23(16(17)25)14-5-2-7-21-9-14/h2,5,7,9,13H,1,3-4,6,8,10-12H2. The fourth-order valence-corrected chi connectivity index (χ4v) is 4.27. The van der Waals surface area contributed by atoms with Crippen molar-refractivity contribution in [1.29, 1.82) is 0 Å². The first-order chi connectivity index (χ1) is 11.9. The highest BCUT2D eigenvalue weighted by Gasteiger charge is 2.58. The number of aromatic nitrogens is 1. The average molecular weight is 349 g/mol. The number of amides is 2. The van der Waals surface area contributed by atoms with Crippen molar-refractivity contribution in [3.63, 3.8) is 0 Å². The molecule has 3 fully saturated rings. The lowest BCUT2D eigenvalue weighted by molar-refractivity contribution is -0.163. The van der Waals surface area contributed by atoms with Gasteiger partial charge in [0.05, 0.1) is 23.8 Å². The van der Waals surface area contributed by atoms with Crippen molar-refractivity contribution in [3.05, 3.63) is 24.5 Å². The molecular formula is C18H21F2N3O2. The molecule has 0 N–H and O–H groups in total. The van der Waals surface area contributed by atoms with Crippen LogP contribution in [0.5, 0.6) is 0 Å². The lowest BCUT2D eigenvalue weighted by atomic mass is 9.75. The van der Waals surface area contributed by atoms with Crippen LogP contribution < -0.4 is 4.90 Å². The molecule has 1 saturated carbocycles. The van der Waals surface area contributed by atoms with E-state index in [1.807, 2.05) is 0 Å². The third-order valence-corrected chi connectivity index (χ3v) is 5.75. The molecule has 0 bridgehead atoms. The molecule has 1 aromatic rings. The van der Waals surface area contributed by atoms with E-state index in [0.717, 1.165) is 19.3 Å². The van der Waals surface area contributed by atoms with Crippen LogP contribution in [-0.2, 0) is 9.59 Å². The van der Waals surface area contributed by atoms with Gasteiger partial charge in [0.1, 0.15) is 0 Å². The Balaban J connectivity index is 1.59. The topological polar surface area (TPSA) is 53.5 Å². The Kier molecular flexibility index (Phi) is 3.77. The highest BCUT2D eigenvalue weighted by Crippen LogP contribution is 2.47. The minimum Gasteiger partial charge on any atom is -0.335 e. The van der Waals surface area contributed by atoms with Crippen LogP contribution >= 0.6 is 0 Å². The molecule has 1 spiro atoms. The van der Waals surface area contributed by atoms with Crippen LogP contribution in [0.4, 0.5) is 14.5 Å². The van der Waals surface area contributed by atoms with E-state index in [1.165, 1.54) is 9.80 Å². The third-order valence-electron chi connectivity index (χ3n) is 5.75. The van der Waals surface area contributed by atoms with Crippen LogP contribution in [0.2, 0.25) is 0 Å². The Morgan fingerprint density at radius 2 is 2.08 bits per heavy atom. The molecule has 1 atom stereocenters. The molecular weight excluding hydrogens is 328 g/mol. The maximum Gasteiger partial charge on any atom is 0.266 e. The molecule has 25 heavy (non-hydrogen) atoms. The van der Waals surface area contributed by atoms with Crippen molar-refractivity contribution in [1.82, 2.24) is 9.88 Å². The van der Waals surface area contributed by atoms with Crippen LogP contribution in [0.15, 0.2) is 24.5 Å². The number of hydrogen-bond donors (Lipinski definition) is 0. The van der Waals surface area contributed by atoms with E-state index < -0.39 is 24.3 Å². The van der Waals surface area contributed by atoms with Gasteiger partial charge in [0, 0.05) is 31.6 Å². The van der Waals surface area contributed by atoms with Crippen molar-refractivity contribution in [3.8, 4) is 0 Å². The second-order valence-corrected chi connectivity index (χ2v) is 7.55. The molecule has 2 saturated heterocycles. The summed E-state index contributed by atoms with van der Waals surface area (Å²) in [6, 6.07) is 3.47. The molecule has 2 aliphatic heterocycles. The number of likely N-dealkylation sites (tertiary alicyclic amines) is 1. The number of piperidine rings is 1. The van der Waals surface area contributed by atoms with Gasteiger partial charge in [-0.15, -0.1) is 0 Å². The molecule has 1 aromatic heterocycles. The predicted octanol–water partition coefficient (Wildman–Crippen LogP) is 2.47. The van der Waals surface area contributed by atoms with Crippen LogP contribution in [0.1, 0.15) is 32.1 Å². The summed E-state index contributed by atoms with van der Waals surface area (Å²) >= 11 is 0. The normalized spacial score (nSPS) is 29.1. The molecule has 1 aliphatic carbocycles. The van der Waals surface area contributed by atoms with Crippen molar-refractivity contribution in [2.75, 3.05) is 24.5 Å². The summed E-state index contributed by atoms with van der Waals surface area (Å²) in [5.41, 5.74) is -0.563. The number of hydrogen-bond acceptors (Lipinski definition) is 3. The Morgan fingerprint density at radius 3 is 2.72 bits per heavy atom. The highest BCUT2D eigenvalue weighted by molar-refractivity contribution is 6.00. The van der Waals surface area contributed by atoms with Gasteiger partial charge in [-0.2, -0.15) is 0 Å². The Bertz CT molecular complexity index is 693. The van der Waals surface area contributed by atoms with Crippen LogP contribution in [0.25, 0.3) is 0 Å². The largest absolute Gasteiger partial charge is 0.335 e. The van der Waals surface area contributed by atoms with E-state index in [0.29, 0.717) is 18.7 Å². The fraction of sp³-hybridized carbons (Fsp3) is 0.611. The first-order valence-electron chi connectivity index (χ1n) is 8.79. The van der Waals surface area contributed by atoms with Gasteiger partial charge in [0.15, 0.2) is 0 Å². The van der Waals surface area contributed by atoms with Crippen LogP contribution in [0.3, 0.4) is 0 Å². The number of nitrogens with zero attached hydrogens (tertiary/aromatic N) is 3. The van der Waals surface area contributed by atoms with E-state index in [4.69, 9.17) is 0 Å². The zero-order valence-corrected chi connectivity index (χ0v) is 14.0. The Morgan fingerprint density at radius 1 is 1.28 bits per heavy atom. The SMILES string of the molecule is O=C(C1CCC1)N1CC(F)(F)CC2(CCN(c3cccnc3)C2=O)C1. The van der Waals surface area contributed by atoms with Crippen molar-refractivity contribution < 1.29 is 18.4 Å². The second-order valence-electron chi connectivity index (χ2n) is 7.55. The predicted molar refractivity (Wildman–Crippen MR) is 87.1 cm³/mol. The molecule has 1 unspecified atom stereocenters. The number of carbonyl (C=O) groups is 2. The number of carbonyl (C=O) groups excluding carboxylic acids is 2. The molecule has 134 valence electrons. The smallest absolute Gasteiger partial charge is 0.266 e. The molecule has 0 aromatic carbocycles. The van der Waals surface area contributed by atoms with Gasteiger partial charge in [-0.25, -0.2) is 8.78 Å². The van der Waals surface area contributed by atoms with Gasteiger partial charge in [-0.05, 0) is 31.4 Å².